The predicted molar refractivity (Wildman–Crippen MR) is 111 cm³/mol. The molecule has 136 valence electrons. The van der Waals surface area contributed by atoms with Crippen LogP contribution < -0.4 is 9.80 Å². The molecule has 0 fully saturated rings. The molecule has 27 heavy (non-hydrogen) atoms. The number of allylic oxidation sites excluding steroid dienone is 3. The van der Waals surface area contributed by atoms with Gasteiger partial charge in [0.25, 0.3) is 5.91 Å². The van der Waals surface area contributed by atoms with Gasteiger partial charge in [-0.05, 0) is 42.8 Å². The van der Waals surface area contributed by atoms with Crippen LogP contribution in [0, 0.1) is 0 Å². The molecule has 0 unspecified atom stereocenters. The lowest BCUT2D eigenvalue weighted by atomic mass is 9.84. The van der Waals surface area contributed by atoms with Crippen molar-refractivity contribution < 1.29 is 4.79 Å². The van der Waals surface area contributed by atoms with E-state index in [9.17, 15) is 4.79 Å². The fourth-order valence-electron chi connectivity index (χ4n) is 4.03. The SMILES string of the molecule is CC1=NC(=O)C(=CC=C2N(C)c3ccccc3C2(C)C)N1c1ccccc1. The minimum atomic E-state index is -0.204. The predicted octanol–water partition coefficient (Wildman–Crippen LogP) is 4.65. The molecule has 0 aliphatic carbocycles. The zero-order valence-corrected chi connectivity index (χ0v) is 16.1. The van der Waals surface area contributed by atoms with Crippen LogP contribution in [0.5, 0.6) is 0 Å². The topological polar surface area (TPSA) is 35.9 Å². The van der Waals surface area contributed by atoms with Gasteiger partial charge in [0.1, 0.15) is 11.5 Å². The molecule has 4 rings (SSSR count). The van der Waals surface area contributed by atoms with Gasteiger partial charge in [0, 0.05) is 29.5 Å². The summed E-state index contributed by atoms with van der Waals surface area (Å²) in [4.78, 5) is 20.8. The average molecular weight is 357 g/mol. The standard InChI is InChI=1S/C23H23N3O/c1-16-24-22(27)20(26(16)17-10-6-5-7-11-17)14-15-21-23(2,3)18-12-8-9-13-19(18)25(21)4/h5-15H,1-4H3. The molecule has 2 heterocycles. The number of hydrogen-bond donors (Lipinski definition) is 0. The summed E-state index contributed by atoms with van der Waals surface area (Å²) in [5.41, 5.74) is 5.04. The van der Waals surface area contributed by atoms with Crippen molar-refractivity contribution in [2.45, 2.75) is 26.2 Å². The van der Waals surface area contributed by atoms with Crippen LogP contribution in [0.3, 0.4) is 0 Å². The van der Waals surface area contributed by atoms with Gasteiger partial charge < -0.3 is 4.90 Å². The van der Waals surface area contributed by atoms with E-state index in [0.717, 1.165) is 11.4 Å². The minimum absolute atomic E-state index is 0.127. The van der Waals surface area contributed by atoms with E-state index in [-0.39, 0.29) is 11.3 Å². The van der Waals surface area contributed by atoms with Gasteiger partial charge in [-0.25, -0.2) is 0 Å². The molecule has 2 aliphatic rings. The molecule has 2 aromatic carbocycles. The van der Waals surface area contributed by atoms with Gasteiger partial charge in [-0.3, -0.25) is 9.69 Å². The van der Waals surface area contributed by atoms with Crippen molar-refractivity contribution in [1.29, 1.82) is 0 Å². The Labute approximate surface area is 160 Å². The summed E-state index contributed by atoms with van der Waals surface area (Å²) in [6.07, 6.45) is 3.95. The molecule has 0 atom stereocenters. The second kappa shape index (κ2) is 6.23. The summed E-state index contributed by atoms with van der Waals surface area (Å²) in [5, 5.41) is 0. The van der Waals surface area contributed by atoms with Crippen molar-refractivity contribution in [3.8, 4) is 0 Å². The molecule has 0 saturated heterocycles. The largest absolute Gasteiger partial charge is 0.347 e. The van der Waals surface area contributed by atoms with Crippen LogP contribution in [0.2, 0.25) is 0 Å². The van der Waals surface area contributed by atoms with E-state index < -0.39 is 0 Å². The van der Waals surface area contributed by atoms with E-state index in [4.69, 9.17) is 0 Å². The highest BCUT2D eigenvalue weighted by Gasteiger charge is 2.38. The van der Waals surface area contributed by atoms with Gasteiger partial charge >= 0.3 is 0 Å². The van der Waals surface area contributed by atoms with Gasteiger partial charge in [-0.1, -0.05) is 50.2 Å². The molecule has 2 aromatic rings. The summed E-state index contributed by atoms with van der Waals surface area (Å²) in [7, 11) is 2.07. The van der Waals surface area contributed by atoms with Gasteiger partial charge in [-0.15, -0.1) is 0 Å². The number of fused-ring (bicyclic) bond motifs is 1. The number of rotatable bonds is 2. The molecule has 0 radical (unpaired) electrons. The molecule has 1 amide bonds. The average Bonchev–Trinajstić information content (AvgIpc) is 3.05. The molecule has 0 spiro atoms. The lowest BCUT2D eigenvalue weighted by Crippen LogP contribution is -2.25. The normalized spacial score (nSPS) is 21.2. The highest BCUT2D eigenvalue weighted by atomic mass is 16.2. The Morgan fingerprint density at radius 3 is 2.33 bits per heavy atom. The molecule has 4 heteroatoms. The third-order valence-corrected chi connectivity index (χ3v) is 5.40. The van der Waals surface area contributed by atoms with E-state index in [1.54, 1.807) is 0 Å². The number of nitrogens with zero attached hydrogens (tertiary/aromatic N) is 3. The van der Waals surface area contributed by atoms with Gasteiger partial charge in [0.15, 0.2) is 0 Å². The number of anilines is 2. The third-order valence-electron chi connectivity index (χ3n) is 5.40. The van der Waals surface area contributed by atoms with E-state index >= 15 is 0 Å². The zero-order valence-electron chi connectivity index (χ0n) is 16.1. The van der Waals surface area contributed by atoms with Crippen molar-refractivity contribution in [1.82, 2.24) is 0 Å². The summed E-state index contributed by atoms with van der Waals surface area (Å²) < 4.78 is 0. The summed E-state index contributed by atoms with van der Waals surface area (Å²) in [6, 6.07) is 18.3. The summed E-state index contributed by atoms with van der Waals surface area (Å²) >= 11 is 0. The molecular formula is C23H23N3O. The first-order valence-corrected chi connectivity index (χ1v) is 9.12. The Hall–Kier alpha value is -3.14. The quantitative estimate of drug-likeness (QED) is 0.734. The first-order valence-electron chi connectivity index (χ1n) is 9.12. The van der Waals surface area contributed by atoms with Crippen LogP contribution in [0.15, 0.2) is 83.1 Å². The van der Waals surface area contributed by atoms with Gasteiger partial charge in [-0.2, -0.15) is 4.99 Å². The monoisotopic (exact) mass is 357 g/mol. The van der Waals surface area contributed by atoms with Crippen LogP contribution in [0.25, 0.3) is 0 Å². The first-order chi connectivity index (χ1) is 12.9. The maximum Gasteiger partial charge on any atom is 0.295 e. The van der Waals surface area contributed by atoms with Gasteiger partial charge in [0.05, 0.1) is 0 Å². The van der Waals surface area contributed by atoms with E-state index in [1.807, 2.05) is 48.2 Å². The number of para-hydroxylation sites is 2. The van der Waals surface area contributed by atoms with Crippen LogP contribution >= 0.6 is 0 Å². The number of carbonyl (C=O) groups excluding carboxylic acids is 1. The van der Waals surface area contributed by atoms with Crippen molar-refractivity contribution in [3.05, 3.63) is 83.7 Å². The van der Waals surface area contributed by atoms with Crippen molar-refractivity contribution >= 4 is 23.1 Å². The number of aliphatic imine (C=N–C) groups is 1. The molecule has 0 aromatic heterocycles. The molecular weight excluding hydrogens is 334 g/mol. The van der Waals surface area contributed by atoms with E-state index in [1.165, 1.54) is 11.3 Å². The minimum Gasteiger partial charge on any atom is -0.347 e. The summed E-state index contributed by atoms with van der Waals surface area (Å²) in [6.45, 7) is 6.29. The van der Waals surface area contributed by atoms with E-state index in [0.29, 0.717) is 11.5 Å². The maximum absolute atomic E-state index is 12.5. The Bertz CT molecular complexity index is 999. The Balaban J connectivity index is 1.76. The molecule has 0 N–H and O–H groups in total. The lowest BCUT2D eigenvalue weighted by Gasteiger charge is -2.24. The summed E-state index contributed by atoms with van der Waals surface area (Å²) in [5.74, 6) is 0.488. The van der Waals surface area contributed by atoms with Crippen molar-refractivity contribution in [2.75, 3.05) is 16.8 Å². The van der Waals surface area contributed by atoms with Crippen LogP contribution in [-0.4, -0.2) is 18.8 Å². The highest BCUT2D eigenvalue weighted by molar-refractivity contribution is 6.20. The van der Waals surface area contributed by atoms with Gasteiger partial charge in [0.2, 0.25) is 0 Å². The fraction of sp³-hybridized carbons (Fsp3) is 0.217. The fourth-order valence-corrected chi connectivity index (χ4v) is 4.03. The maximum atomic E-state index is 12.5. The Kier molecular flexibility index (Phi) is 3.99. The van der Waals surface area contributed by atoms with Crippen LogP contribution in [-0.2, 0) is 10.2 Å². The van der Waals surface area contributed by atoms with E-state index in [2.05, 4.69) is 61.1 Å². The number of hydrogen-bond acceptors (Lipinski definition) is 3. The number of amidine groups is 1. The Morgan fingerprint density at radius 1 is 0.963 bits per heavy atom. The lowest BCUT2D eigenvalue weighted by molar-refractivity contribution is -0.113. The molecule has 2 aliphatic heterocycles. The first kappa shape index (κ1) is 17.3. The number of likely N-dealkylation sites (N-methyl/N-ethyl adjacent to an activating group) is 1. The molecule has 4 nitrogen and oxygen atoms in total. The second-order valence-electron chi connectivity index (χ2n) is 7.44. The van der Waals surface area contributed by atoms with Crippen LogP contribution in [0.4, 0.5) is 11.4 Å². The zero-order chi connectivity index (χ0) is 19.2. The number of carbonyl (C=O) groups is 1. The third kappa shape index (κ3) is 2.69. The number of amides is 1. The molecule has 0 bridgehead atoms. The van der Waals surface area contributed by atoms with Crippen molar-refractivity contribution in [2.24, 2.45) is 4.99 Å². The highest BCUT2D eigenvalue weighted by Crippen LogP contribution is 2.46. The number of benzene rings is 2. The van der Waals surface area contributed by atoms with Crippen LogP contribution in [0.1, 0.15) is 26.3 Å². The smallest absolute Gasteiger partial charge is 0.295 e. The van der Waals surface area contributed by atoms with Crippen molar-refractivity contribution in [3.63, 3.8) is 0 Å². The second-order valence-corrected chi connectivity index (χ2v) is 7.44. The Morgan fingerprint density at radius 2 is 1.63 bits per heavy atom. The molecule has 0 saturated carbocycles.